The molecule has 1 fully saturated rings. The van der Waals surface area contributed by atoms with Gasteiger partial charge in [-0.15, -0.1) is 0 Å². The average molecular weight is 345 g/mol. The summed E-state index contributed by atoms with van der Waals surface area (Å²) in [5, 5.41) is 3.11. The molecule has 0 aliphatic carbocycles. The van der Waals surface area contributed by atoms with Gasteiger partial charge in [-0.2, -0.15) is 0 Å². The van der Waals surface area contributed by atoms with Crippen molar-refractivity contribution in [1.82, 2.24) is 9.88 Å². The molecule has 0 spiro atoms. The largest absolute Gasteiger partial charge is 0.494 e. The Balaban J connectivity index is 1.59. The van der Waals surface area contributed by atoms with Gasteiger partial charge in [-0.1, -0.05) is 6.07 Å². The molecule has 6 nitrogen and oxygen atoms in total. The molecule has 0 unspecified atom stereocenters. The van der Waals surface area contributed by atoms with Crippen LogP contribution in [-0.2, 0) is 11.3 Å². The van der Waals surface area contributed by atoms with Gasteiger partial charge < -0.3 is 19.7 Å². The van der Waals surface area contributed by atoms with E-state index >= 15 is 0 Å². The van der Waals surface area contributed by atoms with Crippen molar-refractivity contribution < 1.29 is 18.7 Å². The maximum atomic E-state index is 13.7. The quantitative estimate of drug-likeness (QED) is 0.901. The summed E-state index contributed by atoms with van der Waals surface area (Å²) in [6, 6.07) is 8.27. The molecule has 1 amide bonds. The molecule has 0 bridgehead atoms. The Hall–Kier alpha value is -2.67. The zero-order chi connectivity index (χ0) is 17.6. The third kappa shape index (κ3) is 4.24. The van der Waals surface area contributed by atoms with Crippen LogP contribution in [0.4, 0.5) is 10.2 Å². The summed E-state index contributed by atoms with van der Waals surface area (Å²) in [5.74, 6) is 0.392. The third-order valence-electron chi connectivity index (χ3n) is 4.00. The molecule has 1 aromatic carbocycles. The van der Waals surface area contributed by atoms with Crippen LogP contribution in [0.2, 0.25) is 0 Å². The average Bonchev–Trinajstić information content (AvgIpc) is 2.67. The number of rotatable bonds is 5. The molecule has 0 radical (unpaired) electrons. The van der Waals surface area contributed by atoms with Gasteiger partial charge in [0.05, 0.1) is 25.9 Å². The number of methoxy groups -OCH3 is 1. The van der Waals surface area contributed by atoms with Crippen LogP contribution in [0.1, 0.15) is 15.9 Å². The van der Waals surface area contributed by atoms with Crippen LogP contribution in [0.25, 0.3) is 0 Å². The van der Waals surface area contributed by atoms with E-state index in [1.165, 1.54) is 13.2 Å². The van der Waals surface area contributed by atoms with E-state index in [1.54, 1.807) is 35.4 Å². The minimum Gasteiger partial charge on any atom is -0.494 e. The second-order valence-electron chi connectivity index (χ2n) is 5.66. The first kappa shape index (κ1) is 17.2. The topological polar surface area (TPSA) is 63.7 Å². The van der Waals surface area contributed by atoms with Crippen LogP contribution in [0.15, 0.2) is 36.5 Å². The van der Waals surface area contributed by atoms with E-state index in [-0.39, 0.29) is 11.7 Å². The molecule has 3 rings (SSSR count). The van der Waals surface area contributed by atoms with Crippen molar-refractivity contribution in [2.45, 2.75) is 6.54 Å². The summed E-state index contributed by atoms with van der Waals surface area (Å²) in [5.41, 5.74) is 1.32. The maximum absolute atomic E-state index is 13.7. The second-order valence-corrected chi connectivity index (χ2v) is 5.66. The molecule has 1 aromatic heterocycles. The number of aromatic nitrogens is 1. The van der Waals surface area contributed by atoms with Crippen LogP contribution < -0.4 is 10.1 Å². The molecule has 2 aromatic rings. The van der Waals surface area contributed by atoms with Crippen LogP contribution in [0.5, 0.6) is 5.75 Å². The number of halogens is 1. The van der Waals surface area contributed by atoms with Crippen molar-refractivity contribution in [2.24, 2.45) is 0 Å². The SMILES string of the molecule is COc1ccc(CNc2ccc(C(=O)N3CCOCC3)cn2)cc1F. The van der Waals surface area contributed by atoms with Crippen LogP contribution in [0, 0.1) is 5.82 Å². The number of hydrogen-bond donors (Lipinski definition) is 1. The zero-order valence-electron chi connectivity index (χ0n) is 14.0. The van der Waals surface area contributed by atoms with Gasteiger partial charge in [-0.3, -0.25) is 4.79 Å². The van der Waals surface area contributed by atoms with E-state index in [0.717, 1.165) is 5.56 Å². The molecule has 0 atom stereocenters. The summed E-state index contributed by atoms with van der Waals surface area (Å²) in [6.45, 7) is 2.75. The second kappa shape index (κ2) is 7.94. The first-order chi connectivity index (χ1) is 12.2. The van der Waals surface area contributed by atoms with Gasteiger partial charge in [0.1, 0.15) is 5.82 Å². The number of anilines is 1. The van der Waals surface area contributed by atoms with Crippen molar-refractivity contribution in [3.05, 3.63) is 53.5 Å². The fourth-order valence-corrected chi connectivity index (χ4v) is 2.59. The lowest BCUT2D eigenvalue weighted by Gasteiger charge is -2.26. The first-order valence-electron chi connectivity index (χ1n) is 8.07. The van der Waals surface area contributed by atoms with E-state index in [2.05, 4.69) is 10.3 Å². The van der Waals surface area contributed by atoms with Gasteiger partial charge >= 0.3 is 0 Å². The number of benzene rings is 1. The highest BCUT2D eigenvalue weighted by Crippen LogP contribution is 2.18. The van der Waals surface area contributed by atoms with Gasteiger partial charge in [0.25, 0.3) is 5.91 Å². The summed E-state index contributed by atoms with van der Waals surface area (Å²) in [6.07, 6.45) is 1.55. The number of ether oxygens (including phenoxy) is 2. The predicted molar refractivity (Wildman–Crippen MR) is 91.2 cm³/mol. The molecule has 2 heterocycles. The Morgan fingerprint density at radius 3 is 2.76 bits per heavy atom. The highest BCUT2D eigenvalue weighted by atomic mass is 19.1. The highest BCUT2D eigenvalue weighted by molar-refractivity contribution is 5.94. The van der Waals surface area contributed by atoms with Crippen LogP contribution in [0.3, 0.4) is 0 Å². The number of nitrogens with zero attached hydrogens (tertiary/aromatic N) is 2. The fraction of sp³-hybridized carbons (Fsp3) is 0.333. The Labute approximate surface area is 145 Å². The van der Waals surface area contributed by atoms with Crippen molar-refractivity contribution in [3.8, 4) is 5.75 Å². The lowest BCUT2D eigenvalue weighted by molar-refractivity contribution is 0.0302. The molecule has 132 valence electrons. The molecule has 1 aliphatic rings. The maximum Gasteiger partial charge on any atom is 0.255 e. The molecule has 1 saturated heterocycles. The Bertz CT molecular complexity index is 731. The van der Waals surface area contributed by atoms with E-state index in [4.69, 9.17) is 9.47 Å². The summed E-state index contributed by atoms with van der Waals surface area (Å²) in [7, 11) is 1.43. The predicted octanol–water partition coefficient (Wildman–Crippen LogP) is 2.31. The van der Waals surface area contributed by atoms with Crippen molar-refractivity contribution in [1.29, 1.82) is 0 Å². The van der Waals surface area contributed by atoms with E-state index in [0.29, 0.717) is 44.2 Å². The molecule has 0 saturated carbocycles. The lowest BCUT2D eigenvalue weighted by Crippen LogP contribution is -2.40. The number of carbonyl (C=O) groups excluding carboxylic acids is 1. The summed E-state index contributed by atoms with van der Waals surface area (Å²) >= 11 is 0. The first-order valence-corrected chi connectivity index (χ1v) is 8.07. The molecule has 7 heteroatoms. The number of hydrogen-bond acceptors (Lipinski definition) is 5. The number of pyridine rings is 1. The number of nitrogens with one attached hydrogen (secondary N) is 1. The smallest absolute Gasteiger partial charge is 0.255 e. The monoisotopic (exact) mass is 345 g/mol. The molecule has 1 aliphatic heterocycles. The van der Waals surface area contributed by atoms with E-state index < -0.39 is 5.82 Å². The Kier molecular flexibility index (Phi) is 5.45. The summed E-state index contributed by atoms with van der Waals surface area (Å²) in [4.78, 5) is 18.4. The Morgan fingerprint density at radius 1 is 1.32 bits per heavy atom. The van der Waals surface area contributed by atoms with Gasteiger partial charge in [0.15, 0.2) is 11.6 Å². The normalized spacial score (nSPS) is 14.2. The lowest BCUT2D eigenvalue weighted by atomic mass is 10.2. The van der Waals surface area contributed by atoms with E-state index in [1.807, 2.05) is 0 Å². The van der Waals surface area contributed by atoms with E-state index in [9.17, 15) is 9.18 Å². The molecule has 25 heavy (non-hydrogen) atoms. The van der Waals surface area contributed by atoms with Gasteiger partial charge in [0, 0.05) is 25.8 Å². The number of carbonyl (C=O) groups is 1. The molecular formula is C18H20FN3O3. The van der Waals surface area contributed by atoms with Gasteiger partial charge in [0.2, 0.25) is 0 Å². The summed E-state index contributed by atoms with van der Waals surface area (Å²) < 4.78 is 23.8. The fourth-order valence-electron chi connectivity index (χ4n) is 2.59. The number of amides is 1. The standard InChI is InChI=1S/C18H20FN3O3/c1-24-16-4-2-13(10-15(16)19)11-20-17-5-3-14(12-21-17)18(23)22-6-8-25-9-7-22/h2-5,10,12H,6-9,11H2,1H3,(H,20,21). The van der Waals surface area contributed by atoms with Gasteiger partial charge in [-0.25, -0.2) is 9.37 Å². The van der Waals surface area contributed by atoms with Crippen molar-refractivity contribution in [3.63, 3.8) is 0 Å². The zero-order valence-corrected chi connectivity index (χ0v) is 14.0. The third-order valence-corrected chi connectivity index (χ3v) is 4.00. The minimum absolute atomic E-state index is 0.0421. The molecule has 1 N–H and O–H groups in total. The van der Waals surface area contributed by atoms with Crippen molar-refractivity contribution in [2.75, 3.05) is 38.7 Å². The van der Waals surface area contributed by atoms with Crippen LogP contribution >= 0.6 is 0 Å². The Morgan fingerprint density at radius 2 is 2.12 bits per heavy atom. The van der Waals surface area contributed by atoms with Crippen molar-refractivity contribution >= 4 is 11.7 Å². The molecular weight excluding hydrogens is 325 g/mol. The van der Waals surface area contributed by atoms with Gasteiger partial charge in [-0.05, 0) is 29.8 Å². The van der Waals surface area contributed by atoms with Crippen LogP contribution in [-0.4, -0.2) is 49.2 Å². The number of morpholine rings is 1. The highest BCUT2D eigenvalue weighted by Gasteiger charge is 2.18. The minimum atomic E-state index is -0.402.